The maximum absolute atomic E-state index is 12.1. The summed E-state index contributed by atoms with van der Waals surface area (Å²) < 4.78 is 41.1. The molecule has 1 aliphatic rings. The zero-order chi connectivity index (χ0) is 17.3. The minimum absolute atomic E-state index is 0.103. The lowest BCUT2D eigenvalue weighted by Crippen LogP contribution is -2.51. The predicted octanol–water partition coefficient (Wildman–Crippen LogP) is 0.536. The average molecular weight is 357 g/mol. The first-order chi connectivity index (χ1) is 10.8. The first-order valence-corrected chi connectivity index (χ1v) is 8.27. The molecule has 1 heterocycles. The number of nitrogens with zero attached hydrogens (tertiary/aromatic N) is 2. The molecule has 2 amide bonds. The Labute approximate surface area is 137 Å². The number of hydrogen-bond acceptors (Lipinski definition) is 5. The molecule has 0 aromatic heterocycles. The van der Waals surface area contributed by atoms with Gasteiger partial charge >= 0.3 is 5.51 Å². The van der Waals surface area contributed by atoms with E-state index in [2.05, 4.69) is 5.32 Å². The highest BCUT2D eigenvalue weighted by Gasteiger charge is 2.31. The third kappa shape index (κ3) is 9.01. The standard InChI is InChI=1S/C13H22F3N3O3S/c1-22-8-2-3-17-11(20)9-18-4-6-19(7-5-18)12(21)10-23-13(14,15)16/h2-10H2,1H3,(H,17,20). The van der Waals surface area contributed by atoms with Crippen LogP contribution in [0.4, 0.5) is 13.2 Å². The second-order valence-electron chi connectivity index (χ2n) is 5.09. The van der Waals surface area contributed by atoms with Gasteiger partial charge in [0.1, 0.15) is 0 Å². The first kappa shape index (κ1) is 20.0. The van der Waals surface area contributed by atoms with Crippen molar-refractivity contribution >= 4 is 23.6 Å². The van der Waals surface area contributed by atoms with Crippen LogP contribution in [0, 0.1) is 0 Å². The van der Waals surface area contributed by atoms with Gasteiger partial charge in [-0.15, -0.1) is 0 Å². The van der Waals surface area contributed by atoms with Crippen molar-refractivity contribution in [2.24, 2.45) is 0 Å². The Kier molecular flexibility index (Phi) is 8.71. The van der Waals surface area contributed by atoms with E-state index in [4.69, 9.17) is 4.74 Å². The van der Waals surface area contributed by atoms with Crippen molar-refractivity contribution in [2.45, 2.75) is 11.9 Å². The maximum atomic E-state index is 12.1. The number of piperazine rings is 1. The van der Waals surface area contributed by atoms with Crippen LogP contribution in [0.3, 0.4) is 0 Å². The van der Waals surface area contributed by atoms with E-state index in [-0.39, 0.29) is 24.2 Å². The fourth-order valence-electron chi connectivity index (χ4n) is 2.09. The SMILES string of the molecule is COCCCNC(=O)CN1CCN(C(=O)CSC(F)(F)F)CC1. The fraction of sp³-hybridized carbons (Fsp3) is 0.846. The van der Waals surface area contributed by atoms with Gasteiger partial charge in [0, 0.05) is 46.4 Å². The summed E-state index contributed by atoms with van der Waals surface area (Å²) in [5.74, 6) is -1.21. The number of halogens is 3. The molecule has 0 aliphatic carbocycles. The number of hydrogen-bond donors (Lipinski definition) is 1. The van der Waals surface area contributed by atoms with Crippen LogP contribution < -0.4 is 5.32 Å². The molecule has 0 spiro atoms. The van der Waals surface area contributed by atoms with E-state index in [9.17, 15) is 22.8 Å². The second kappa shape index (κ2) is 9.99. The predicted molar refractivity (Wildman–Crippen MR) is 81.0 cm³/mol. The molecule has 10 heteroatoms. The molecule has 0 atom stereocenters. The van der Waals surface area contributed by atoms with Crippen molar-refractivity contribution in [3.05, 3.63) is 0 Å². The number of amides is 2. The van der Waals surface area contributed by atoms with E-state index < -0.39 is 17.2 Å². The normalized spacial score (nSPS) is 16.4. The molecule has 1 N–H and O–H groups in total. The number of carbonyl (C=O) groups excluding carboxylic acids is 2. The van der Waals surface area contributed by atoms with Gasteiger partial charge in [-0.1, -0.05) is 0 Å². The van der Waals surface area contributed by atoms with E-state index in [1.54, 1.807) is 7.11 Å². The van der Waals surface area contributed by atoms with Gasteiger partial charge in [-0.25, -0.2) is 0 Å². The quantitative estimate of drug-likeness (QED) is 0.643. The molecule has 1 fully saturated rings. The molecular formula is C13H22F3N3O3S. The molecule has 0 aromatic rings. The number of nitrogens with one attached hydrogen (secondary N) is 1. The first-order valence-electron chi connectivity index (χ1n) is 7.28. The van der Waals surface area contributed by atoms with Gasteiger partial charge in [0.25, 0.3) is 0 Å². The summed E-state index contributed by atoms with van der Waals surface area (Å²) in [5, 5.41) is 2.77. The molecule has 0 saturated carbocycles. The lowest BCUT2D eigenvalue weighted by atomic mass is 10.3. The van der Waals surface area contributed by atoms with Gasteiger partial charge in [-0.2, -0.15) is 13.2 Å². The van der Waals surface area contributed by atoms with Crippen molar-refractivity contribution in [1.82, 2.24) is 15.1 Å². The number of thioether (sulfide) groups is 1. The van der Waals surface area contributed by atoms with Crippen molar-refractivity contribution in [3.63, 3.8) is 0 Å². The third-order valence-corrected chi connectivity index (χ3v) is 4.02. The van der Waals surface area contributed by atoms with E-state index in [0.29, 0.717) is 39.3 Å². The summed E-state index contributed by atoms with van der Waals surface area (Å²) >= 11 is -0.319. The topological polar surface area (TPSA) is 61.9 Å². The summed E-state index contributed by atoms with van der Waals surface area (Å²) in [6.07, 6.45) is 0.737. The van der Waals surface area contributed by atoms with Gasteiger partial charge in [-0.05, 0) is 18.2 Å². The summed E-state index contributed by atoms with van der Waals surface area (Å²) in [5.41, 5.74) is -4.39. The highest BCUT2D eigenvalue weighted by molar-refractivity contribution is 8.00. The van der Waals surface area contributed by atoms with Crippen LogP contribution in [-0.4, -0.2) is 85.9 Å². The van der Waals surface area contributed by atoms with Crippen LogP contribution in [0.2, 0.25) is 0 Å². The highest BCUT2D eigenvalue weighted by Crippen LogP contribution is 2.30. The molecule has 0 unspecified atom stereocenters. The van der Waals surface area contributed by atoms with Gasteiger partial charge in [0.2, 0.25) is 11.8 Å². The Hall–Kier alpha value is -1.00. The molecule has 1 saturated heterocycles. The number of carbonyl (C=O) groups is 2. The molecule has 1 aliphatic heterocycles. The van der Waals surface area contributed by atoms with Gasteiger partial charge < -0.3 is 15.0 Å². The van der Waals surface area contributed by atoms with Crippen molar-refractivity contribution in [2.75, 3.05) is 58.7 Å². The second-order valence-corrected chi connectivity index (χ2v) is 6.13. The third-order valence-electron chi connectivity index (χ3n) is 3.30. The molecule has 6 nitrogen and oxygen atoms in total. The van der Waals surface area contributed by atoms with Crippen molar-refractivity contribution in [3.8, 4) is 0 Å². The van der Waals surface area contributed by atoms with Crippen LogP contribution in [0.1, 0.15) is 6.42 Å². The van der Waals surface area contributed by atoms with Gasteiger partial charge in [-0.3, -0.25) is 14.5 Å². The Balaban J connectivity index is 2.19. The van der Waals surface area contributed by atoms with E-state index >= 15 is 0 Å². The van der Waals surface area contributed by atoms with Crippen molar-refractivity contribution in [1.29, 1.82) is 0 Å². The zero-order valence-electron chi connectivity index (χ0n) is 13.0. The minimum atomic E-state index is -4.39. The van der Waals surface area contributed by atoms with Crippen LogP contribution in [-0.2, 0) is 14.3 Å². The lowest BCUT2D eigenvalue weighted by molar-refractivity contribution is -0.130. The highest BCUT2D eigenvalue weighted by atomic mass is 32.2. The van der Waals surface area contributed by atoms with E-state index in [1.165, 1.54) is 4.90 Å². The van der Waals surface area contributed by atoms with E-state index in [1.807, 2.05) is 4.90 Å². The van der Waals surface area contributed by atoms with E-state index in [0.717, 1.165) is 6.42 Å². The summed E-state index contributed by atoms with van der Waals surface area (Å²) in [7, 11) is 1.59. The largest absolute Gasteiger partial charge is 0.442 e. The molecule has 0 bridgehead atoms. The van der Waals surface area contributed by atoms with Gasteiger partial charge in [0.05, 0.1) is 12.3 Å². The van der Waals surface area contributed by atoms with Gasteiger partial charge in [0.15, 0.2) is 0 Å². The molecule has 23 heavy (non-hydrogen) atoms. The average Bonchev–Trinajstić information content (AvgIpc) is 2.49. The number of rotatable bonds is 8. The Morgan fingerprint density at radius 2 is 1.87 bits per heavy atom. The number of ether oxygens (including phenoxy) is 1. The molecule has 134 valence electrons. The van der Waals surface area contributed by atoms with Crippen LogP contribution in [0.5, 0.6) is 0 Å². The number of methoxy groups -OCH3 is 1. The smallest absolute Gasteiger partial charge is 0.385 e. The van der Waals surface area contributed by atoms with Crippen LogP contribution >= 0.6 is 11.8 Å². The number of alkyl halides is 3. The monoisotopic (exact) mass is 357 g/mol. The minimum Gasteiger partial charge on any atom is -0.385 e. The zero-order valence-corrected chi connectivity index (χ0v) is 13.8. The Morgan fingerprint density at radius 1 is 1.22 bits per heavy atom. The lowest BCUT2D eigenvalue weighted by Gasteiger charge is -2.34. The summed E-state index contributed by atoms with van der Waals surface area (Å²) in [4.78, 5) is 26.7. The fourth-order valence-corrected chi connectivity index (χ4v) is 2.56. The van der Waals surface area contributed by atoms with Crippen LogP contribution in [0.15, 0.2) is 0 Å². The maximum Gasteiger partial charge on any atom is 0.442 e. The Morgan fingerprint density at radius 3 is 2.43 bits per heavy atom. The molecule has 0 aromatic carbocycles. The molecule has 0 radical (unpaired) electrons. The summed E-state index contributed by atoms with van der Waals surface area (Å²) in [6.45, 7) is 2.99. The Bertz CT molecular complexity index is 388. The molecule has 1 rings (SSSR count). The molecular weight excluding hydrogens is 335 g/mol. The van der Waals surface area contributed by atoms with Crippen molar-refractivity contribution < 1.29 is 27.5 Å². The van der Waals surface area contributed by atoms with Crippen LogP contribution in [0.25, 0.3) is 0 Å². The summed E-state index contributed by atoms with van der Waals surface area (Å²) in [6, 6.07) is 0.